The minimum Gasteiger partial charge on any atom is -0.494 e. The zero-order chi connectivity index (χ0) is 12.8. The van der Waals surface area contributed by atoms with Gasteiger partial charge in [-0.3, -0.25) is 0 Å². The van der Waals surface area contributed by atoms with Gasteiger partial charge in [-0.05, 0) is 30.7 Å². The second-order valence-electron chi connectivity index (χ2n) is 2.66. The molecule has 0 unspecified atom stereocenters. The summed E-state index contributed by atoms with van der Waals surface area (Å²) in [6, 6.07) is 7.92. The van der Waals surface area contributed by atoms with Crippen LogP contribution in [0.4, 0.5) is 0 Å². The third-order valence-electron chi connectivity index (χ3n) is 1.58. The third kappa shape index (κ3) is 10.0. The number of ether oxygens (including phenoxy) is 1. The maximum absolute atomic E-state index is 5.48. The minimum atomic E-state index is 0.818. The Kier molecular flexibility index (Phi) is 16.2. The van der Waals surface area contributed by atoms with E-state index in [-0.39, 0.29) is 0 Å². The normalized spacial score (nSPS) is 8.12. The highest BCUT2D eigenvalue weighted by Crippen LogP contribution is 2.16. The second kappa shape index (κ2) is 14.5. The van der Waals surface area contributed by atoms with E-state index in [2.05, 4.69) is 22.9 Å². The number of rotatable bonds is 4. The van der Waals surface area contributed by atoms with Gasteiger partial charge < -0.3 is 4.74 Å². The Morgan fingerprint density at radius 3 is 1.94 bits per heavy atom. The largest absolute Gasteiger partial charge is 0.494 e. The number of halogens is 1. The van der Waals surface area contributed by atoms with Gasteiger partial charge in [-0.1, -0.05) is 57.0 Å². The summed E-state index contributed by atoms with van der Waals surface area (Å²) in [5.41, 5.74) is 0. The van der Waals surface area contributed by atoms with Crippen molar-refractivity contribution in [3.05, 3.63) is 28.7 Å². The molecule has 0 N–H and O–H groups in total. The van der Waals surface area contributed by atoms with E-state index < -0.39 is 0 Å². The molecule has 94 valence electrons. The van der Waals surface area contributed by atoms with Crippen molar-refractivity contribution in [1.82, 2.24) is 0 Å². The van der Waals surface area contributed by atoms with Crippen molar-refractivity contribution >= 4 is 15.9 Å². The Morgan fingerprint density at radius 2 is 1.50 bits per heavy atom. The number of hydrogen-bond donors (Lipinski definition) is 0. The van der Waals surface area contributed by atoms with Crippen LogP contribution >= 0.6 is 15.9 Å². The lowest BCUT2D eigenvalue weighted by atomic mass is 10.3. The van der Waals surface area contributed by atoms with Crippen LogP contribution in [-0.4, -0.2) is 6.61 Å². The fourth-order valence-electron chi connectivity index (χ4n) is 0.865. The molecule has 16 heavy (non-hydrogen) atoms. The van der Waals surface area contributed by atoms with Crippen molar-refractivity contribution in [3.8, 4) is 5.75 Å². The van der Waals surface area contributed by atoms with Crippen LogP contribution in [0, 0.1) is 0 Å². The van der Waals surface area contributed by atoms with Gasteiger partial charge in [0.25, 0.3) is 0 Å². The van der Waals surface area contributed by atoms with Crippen LogP contribution in [0.25, 0.3) is 0 Å². The molecule has 0 bridgehead atoms. The monoisotopic (exact) mass is 288 g/mol. The summed E-state index contributed by atoms with van der Waals surface area (Å²) in [4.78, 5) is 0. The van der Waals surface area contributed by atoms with Crippen LogP contribution in [0.5, 0.6) is 5.75 Å². The van der Waals surface area contributed by atoms with Gasteiger partial charge in [-0.25, -0.2) is 0 Å². The molecule has 0 aromatic heterocycles. The topological polar surface area (TPSA) is 9.23 Å². The molecule has 0 aliphatic carbocycles. The van der Waals surface area contributed by atoms with Crippen LogP contribution in [0.3, 0.4) is 0 Å². The van der Waals surface area contributed by atoms with Crippen molar-refractivity contribution in [2.45, 2.75) is 47.5 Å². The van der Waals surface area contributed by atoms with Crippen molar-refractivity contribution in [2.75, 3.05) is 6.61 Å². The van der Waals surface area contributed by atoms with Crippen molar-refractivity contribution in [3.63, 3.8) is 0 Å². The first-order valence-electron chi connectivity index (χ1n) is 6.21. The van der Waals surface area contributed by atoms with Crippen molar-refractivity contribution < 1.29 is 4.74 Å². The molecule has 0 atom stereocenters. The van der Waals surface area contributed by atoms with Crippen LogP contribution in [0.1, 0.15) is 47.5 Å². The zero-order valence-corrected chi connectivity index (χ0v) is 12.8. The molecule has 2 heteroatoms. The van der Waals surface area contributed by atoms with E-state index in [1.54, 1.807) is 0 Å². The summed E-state index contributed by atoms with van der Waals surface area (Å²) in [7, 11) is 0. The van der Waals surface area contributed by atoms with Gasteiger partial charge in [0, 0.05) is 4.47 Å². The predicted octanol–water partition coefficient (Wildman–Crippen LogP) is 5.68. The molecule has 0 spiro atoms. The summed E-state index contributed by atoms with van der Waals surface area (Å²) < 4.78 is 6.57. The van der Waals surface area contributed by atoms with Gasteiger partial charge in [0.2, 0.25) is 0 Å². The lowest BCUT2D eigenvalue weighted by molar-refractivity contribution is 0.309. The van der Waals surface area contributed by atoms with E-state index in [1.165, 1.54) is 6.42 Å². The Balaban J connectivity index is 0. The maximum Gasteiger partial charge on any atom is 0.119 e. The highest BCUT2D eigenvalue weighted by Gasteiger charge is 1.91. The van der Waals surface area contributed by atoms with Gasteiger partial charge in [-0.15, -0.1) is 0 Å². The van der Waals surface area contributed by atoms with Gasteiger partial charge in [0.1, 0.15) is 5.75 Å². The van der Waals surface area contributed by atoms with Gasteiger partial charge in [0.05, 0.1) is 6.61 Å². The highest BCUT2D eigenvalue weighted by molar-refractivity contribution is 9.10. The van der Waals surface area contributed by atoms with E-state index in [0.717, 1.165) is 23.2 Å². The van der Waals surface area contributed by atoms with Crippen LogP contribution in [0.2, 0.25) is 0 Å². The Bertz CT molecular complexity index is 219. The minimum absolute atomic E-state index is 0.818. The van der Waals surface area contributed by atoms with E-state index in [4.69, 9.17) is 4.74 Å². The Labute approximate surface area is 109 Å². The SMILES string of the molecule is CC.CC.CCCCOc1ccc(Br)cc1. The molecule has 0 saturated heterocycles. The smallest absolute Gasteiger partial charge is 0.119 e. The zero-order valence-electron chi connectivity index (χ0n) is 11.2. The first-order valence-corrected chi connectivity index (χ1v) is 7.00. The third-order valence-corrected chi connectivity index (χ3v) is 2.11. The maximum atomic E-state index is 5.48. The average molecular weight is 289 g/mol. The summed E-state index contributed by atoms with van der Waals surface area (Å²) in [5.74, 6) is 0.951. The lowest BCUT2D eigenvalue weighted by Crippen LogP contribution is -1.95. The van der Waals surface area contributed by atoms with Crippen molar-refractivity contribution in [2.24, 2.45) is 0 Å². The molecule has 0 aliphatic heterocycles. The first-order chi connectivity index (χ1) is 7.83. The van der Waals surface area contributed by atoms with Crippen LogP contribution in [0.15, 0.2) is 28.7 Å². The molecule has 0 saturated carbocycles. The molecular formula is C14H25BrO. The second-order valence-corrected chi connectivity index (χ2v) is 3.57. The molecule has 1 aromatic carbocycles. The number of hydrogen-bond acceptors (Lipinski definition) is 1. The molecule has 0 amide bonds. The van der Waals surface area contributed by atoms with E-state index in [1.807, 2.05) is 52.0 Å². The molecule has 0 aliphatic rings. The summed E-state index contributed by atoms with van der Waals surface area (Å²) in [5, 5.41) is 0. The Morgan fingerprint density at radius 1 is 1.00 bits per heavy atom. The Hall–Kier alpha value is -0.500. The van der Waals surface area contributed by atoms with E-state index in [9.17, 15) is 0 Å². The van der Waals surface area contributed by atoms with Gasteiger partial charge in [-0.2, -0.15) is 0 Å². The lowest BCUT2D eigenvalue weighted by Gasteiger charge is -2.04. The highest BCUT2D eigenvalue weighted by atomic mass is 79.9. The fourth-order valence-corrected chi connectivity index (χ4v) is 1.13. The summed E-state index contributed by atoms with van der Waals surface area (Å²) >= 11 is 3.37. The van der Waals surface area contributed by atoms with Crippen LogP contribution in [-0.2, 0) is 0 Å². The summed E-state index contributed by atoms with van der Waals surface area (Å²) in [6.07, 6.45) is 2.30. The van der Waals surface area contributed by atoms with E-state index in [0.29, 0.717) is 0 Å². The van der Waals surface area contributed by atoms with Gasteiger partial charge >= 0.3 is 0 Å². The molecule has 1 aromatic rings. The number of benzene rings is 1. The summed E-state index contributed by atoms with van der Waals surface area (Å²) in [6.45, 7) is 11.0. The van der Waals surface area contributed by atoms with E-state index >= 15 is 0 Å². The molecule has 0 fully saturated rings. The van der Waals surface area contributed by atoms with Gasteiger partial charge in [0.15, 0.2) is 0 Å². The molecule has 0 radical (unpaired) electrons. The predicted molar refractivity (Wildman–Crippen MR) is 77.2 cm³/mol. The molecule has 1 rings (SSSR count). The molecule has 0 heterocycles. The number of unbranched alkanes of at least 4 members (excludes halogenated alkanes) is 1. The average Bonchev–Trinajstić information content (AvgIpc) is 2.37. The first kappa shape index (κ1) is 17.9. The van der Waals surface area contributed by atoms with Crippen LogP contribution < -0.4 is 4.74 Å². The quantitative estimate of drug-likeness (QED) is 0.648. The fraction of sp³-hybridized carbons (Fsp3) is 0.571. The molecule has 1 nitrogen and oxygen atoms in total. The molecular weight excluding hydrogens is 264 g/mol. The standard InChI is InChI=1S/C10H13BrO.2C2H6/c1-2-3-8-12-10-6-4-9(11)5-7-10;2*1-2/h4-7H,2-3,8H2,1H3;2*1-2H3. The van der Waals surface area contributed by atoms with Crippen molar-refractivity contribution in [1.29, 1.82) is 0 Å².